The van der Waals surface area contributed by atoms with Crippen molar-refractivity contribution in [1.82, 2.24) is 9.62 Å². The predicted octanol–water partition coefficient (Wildman–Crippen LogP) is 5.56. The molecule has 0 saturated carbocycles. The van der Waals surface area contributed by atoms with Gasteiger partial charge >= 0.3 is 11.9 Å². The summed E-state index contributed by atoms with van der Waals surface area (Å²) in [6, 6.07) is 12.2. The molecule has 0 aliphatic heterocycles. The number of hydrogen-bond donors (Lipinski definition) is 2. The Morgan fingerprint density at radius 3 is 2.06 bits per heavy atom. The van der Waals surface area contributed by atoms with Crippen molar-refractivity contribution >= 4 is 33.2 Å². The molecule has 1 aromatic carbocycles. The molecule has 2 rings (SSSR count). The molecule has 0 saturated heterocycles. The van der Waals surface area contributed by atoms with Crippen LogP contribution in [0.4, 0.5) is 0 Å². The number of nitrogens with zero attached hydrogens (tertiary/aromatic N) is 1. The second-order valence-corrected chi connectivity index (χ2v) is 11.9. The van der Waals surface area contributed by atoms with Gasteiger partial charge in [-0.1, -0.05) is 95.0 Å². The Morgan fingerprint density at radius 2 is 1.46 bits per heavy atom. The van der Waals surface area contributed by atoms with Gasteiger partial charge in [0.1, 0.15) is 4.21 Å². The molecule has 0 atom stereocenters. The standard InChI is InChI=1S/C26H38N2O5S2/c1-2-3-4-5-6-7-8-9-10-14-19-27-35(32,33)24-18-17-23(34-24)21-28(25(29)26(30)31)20-22-15-12-11-13-16-22/h11-13,15-18,27H,2-10,14,19-21H2,1H3,(H,30,31). The van der Waals surface area contributed by atoms with Crippen molar-refractivity contribution in [2.45, 2.75) is 88.4 Å². The number of nitrogens with one attached hydrogen (secondary N) is 1. The van der Waals surface area contributed by atoms with Gasteiger partial charge in [-0.15, -0.1) is 11.3 Å². The van der Waals surface area contributed by atoms with Gasteiger partial charge in [-0.05, 0) is 24.1 Å². The van der Waals surface area contributed by atoms with Crippen LogP contribution in [0.1, 0.15) is 81.6 Å². The monoisotopic (exact) mass is 522 g/mol. The average Bonchev–Trinajstić information content (AvgIpc) is 3.32. The molecule has 2 N–H and O–H groups in total. The van der Waals surface area contributed by atoms with Gasteiger partial charge in [0.15, 0.2) is 0 Å². The number of thiophene rings is 1. The van der Waals surface area contributed by atoms with Crippen molar-refractivity contribution in [2.24, 2.45) is 0 Å². The first-order chi connectivity index (χ1) is 16.8. The molecule has 0 aliphatic carbocycles. The van der Waals surface area contributed by atoms with Crippen molar-refractivity contribution in [3.05, 3.63) is 52.9 Å². The quantitative estimate of drug-likeness (QED) is 0.209. The number of carboxylic acids is 1. The molecule has 0 unspecified atom stereocenters. The number of benzene rings is 1. The molecule has 0 spiro atoms. The summed E-state index contributed by atoms with van der Waals surface area (Å²) < 4.78 is 28.1. The molecule has 0 bridgehead atoms. The number of rotatable bonds is 17. The van der Waals surface area contributed by atoms with E-state index in [1.54, 1.807) is 6.07 Å². The van der Waals surface area contributed by atoms with E-state index >= 15 is 0 Å². The fourth-order valence-corrected chi connectivity index (χ4v) is 6.29. The van der Waals surface area contributed by atoms with E-state index in [2.05, 4.69) is 11.6 Å². The number of amides is 1. The minimum atomic E-state index is -3.63. The van der Waals surface area contributed by atoms with Crippen LogP contribution in [-0.4, -0.2) is 36.8 Å². The molecule has 35 heavy (non-hydrogen) atoms. The van der Waals surface area contributed by atoms with E-state index in [4.69, 9.17) is 0 Å². The molecule has 0 radical (unpaired) electrons. The van der Waals surface area contributed by atoms with Crippen LogP contribution in [0.15, 0.2) is 46.7 Å². The summed E-state index contributed by atoms with van der Waals surface area (Å²) in [7, 11) is -3.63. The average molecular weight is 523 g/mol. The zero-order valence-corrected chi connectivity index (χ0v) is 22.2. The Morgan fingerprint density at radius 1 is 0.857 bits per heavy atom. The lowest BCUT2D eigenvalue weighted by Gasteiger charge is -2.20. The molecule has 7 nitrogen and oxygen atoms in total. The molecular weight excluding hydrogens is 484 g/mol. The number of carbonyl (C=O) groups is 2. The van der Waals surface area contributed by atoms with Crippen LogP contribution in [0.25, 0.3) is 0 Å². The summed E-state index contributed by atoms with van der Waals surface area (Å²) in [5, 5.41) is 9.18. The first-order valence-corrected chi connectivity index (χ1v) is 14.8. The Bertz CT molecular complexity index is 1010. The maximum absolute atomic E-state index is 12.6. The lowest BCUT2D eigenvalue weighted by atomic mass is 10.1. The van der Waals surface area contributed by atoms with Crippen LogP contribution in [0.3, 0.4) is 0 Å². The second kappa shape index (κ2) is 15.7. The smallest absolute Gasteiger partial charge is 0.394 e. The predicted molar refractivity (Wildman–Crippen MR) is 140 cm³/mol. The topological polar surface area (TPSA) is 104 Å². The fraction of sp³-hybridized carbons (Fsp3) is 0.538. The highest BCUT2D eigenvalue weighted by atomic mass is 32.2. The van der Waals surface area contributed by atoms with Crippen molar-refractivity contribution in [3.8, 4) is 0 Å². The minimum absolute atomic E-state index is 0.0264. The summed E-state index contributed by atoms with van der Waals surface area (Å²) in [6.45, 7) is 2.77. The number of sulfonamides is 1. The lowest BCUT2D eigenvalue weighted by Crippen LogP contribution is -2.35. The number of hydrogen-bond acceptors (Lipinski definition) is 5. The third kappa shape index (κ3) is 10.9. The lowest BCUT2D eigenvalue weighted by molar-refractivity contribution is -0.156. The van der Waals surface area contributed by atoms with Crippen LogP contribution in [-0.2, 0) is 32.7 Å². The van der Waals surface area contributed by atoms with Crippen LogP contribution < -0.4 is 4.72 Å². The van der Waals surface area contributed by atoms with Crippen LogP contribution in [0.5, 0.6) is 0 Å². The normalized spacial score (nSPS) is 11.5. The second-order valence-electron chi connectivity index (χ2n) is 8.75. The van der Waals surface area contributed by atoms with Gasteiger partial charge < -0.3 is 10.0 Å². The zero-order chi connectivity index (χ0) is 25.5. The summed E-state index contributed by atoms with van der Waals surface area (Å²) in [5.41, 5.74) is 0.796. The van der Waals surface area contributed by atoms with E-state index in [0.29, 0.717) is 11.4 Å². The molecule has 1 aromatic heterocycles. The van der Waals surface area contributed by atoms with Crippen molar-refractivity contribution < 1.29 is 23.1 Å². The Balaban J connectivity index is 1.79. The third-order valence-corrected chi connectivity index (χ3v) is 8.78. The third-order valence-electron chi connectivity index (χ3n) is 5.76. The van der Waals surface area contributed by atoms with E-state index in [-0.39, 0.29) is 17.3 Å². The van der Waals surface area contributed by atoms with Gasteiger partial charge in [0.2, 0.25) is 10.0 Å². The number of carbonyl (C=O) groups excluding carboxylic acids is 1. The highest BCUT2D eigenvalue weighted by Crippen LogP contribution is 2.24. The first kappa shape index (κ1) is 29.0. The molecule has 9 heteroatoms. The molecule has 0 fully saturated rings. The van der Waals surface area contributed by atoms with Gasteiger partial charge in [0, 0.05) is 18.0 Å². The molecule has 2 aromatic rings. The van der Waals surface area contributed by atoms with Gasteiger partial charge in [-0.2, -0.15) is 0 Å². The fourth-order valence-electron chi connectivity index (χ4n) is 3.80. The molecule has 0 aliphatic rings. The van der Waals surface area contributed by atoms with Gasteiger partial charge in [-0.25, -0.2) is 17.9 Å². The van der Waals surface area contributed by atoms with E-state index in [0.717, 1.165) is 36.2 Å². The summed E-state index contributed by atoms with van der Waals surface area (Å²) in [6.07, 6.45) is 11.9. The summed E-state index contributed by atoms with van der Waals surface area (Å²) >= 11 is 1.05. The van der Waals surface area contributed by atoms with E-state index in [1.165, 1.54) is 55.9 Å². The highest BCUT2D eigenvalue weighted by molar-refractivity contribution is 7.91. The Hall–Kier alpha value is -2.23. The van der Waals surface area contributed by atoms with Crippen LogP contribution in [0, 0.1) is 0 Å². The SMILES string of the molecule is CCCCCCCCCCCCNS(=O)(=O)c1ccc(CN(Cc2ccccc2)C(=O)C(=O)O)s1. The minimum Gasteiger partial charge on any atom is -0.474 e. The molecule has 194 valence electrons. The highest BCUT2D eigenvalue weighted by Gasteiger charge is 2.23. The Kier molecular flexibility index (Phi) is 13.0. The van der Waals surface area contributed by atoms with Crippen molar-refractivity contribution in [2.75, 3.05) is 6.54 Å². The number of unbranched alkanes of at least 4 members (excludes halogenated alkanes) is 9. The molecule has 1 heterocycles. The number of carboxylic acid groups (broad SMARTS) is 1. The van der Waals surface area contributed by atoms with Crippen LogP contribution >= 0.6 is 11.3 Å². The molecular formula is C26H38N2O5S2. The van der Waals surface area contributed by atoms with Crippen molar-refractivity contribution in [3.63, 3.8) is 0 Å². The maximum Gasteiger partial charge on any atom is 0.394 e. The van der Waals surface area contributed by atoms with Crippen LogP contribution in [0.2, 0.25) is 0 Å². The van der Waals surface area contributed by atoms with Crippen molar-refractivity contribution in [1.29, 1.82) is 0 Å². The first-order valence-electron chi connectivity index (χ1n) is 12.5. The van der Waals surface area contributed by atoms with E-state index < -0.39 is 21.9 Å². The van der Waals surface area contributed by atoms with E-state index in [1.807, 2.05) is 30.3 Å². The van der Waals surface area contributed by atoms with Gasteiger partial charge in [0.05, 0.1) is 6.54 Å². The summed E-state index contributed by atoms with van der Waals surface area (Å²) in [4.78, 5) is 25.3. The summed E-state index contributed by atoms with van der Waals surface area (Å²) in [5.74, 6) is -2.56. The Labute approximate surface area is 213 Å². The van der Waals surface area contributed by atoms with E-state index in [9.17, 15) is 23.1 Å². The molecule has 1 amide bonds. The van der Waals surface area contributed by atoms with Gasteiger partial charge in [0.25, 0.3) is 0 Å². The largest absolute Gasteiger partial charge is 0.474 e. The van der Waals surface area contributed by atoms with Gasteiger partial charge in [-0.3, -0.25) is 4.79 Å². The number of aliphatic carboxylic acids is 1. The maximum atomic E-state index is 12.6. The zero-order valence-electron chi connectivity index (χ0n) is 20.6.